The fraction of sp³-hybridized carbons (Fsp3) is 1.00. The molecule has 0 amide bonds. The third-order valence-electron chi connectivity index (χ3n) is 5.43. The predicted molar refractivity (Wildman–Crippen MR) is 83.5 cm³/mol. The van der Waals surface area contributed by atoms with Crippen LogP contribution in [0.15, 0.2) is 0 Å². The summed E-state index contributed by atoms with van der Waals surface area (Å²) in [6, 6.07) is 0.706. The lowest BCUT2D eigenvalue weighted by Crippen LogP contribution is -2.44. The molecule has 1 aliphatic heterocycles. The van der Waals surface area contributed by atoms with Crippen LogP contribution in [-0.2, 0) is 0 Å². The van der Waals surface area contributed by atoms with Crippen molar-refractivity contribution in [3.63, 3.8) is 0 Å². The quantitative estimate of drug-likeness (QED) is 0.707. The summed E-state index contributed by atoms with van der Waals surface area (Å²) in [5.41, 5.74) is 0. The summed E-state index contributed by atoms with van der Waals surface area (Å²) >= 11 is 0. The molecule has 2 aliphatic rings. The van der Waals surface area contributed by atoms with Gasteiger partial charge in [-0.05, 0) is 64.1 Å². The van der Waals surface area contributed by atoms with Gasteiger partial charge in [0.05, 0.1) is 0 Å². The van der Waals surface area contributed by atoms with E-state index in [4.69, 9.17) is 0 Å². The van der Waals surface area contributed by atoms with Crippen LogP contribution in [0.1, 0.15) is 65.2 Å². The topological polar surface area (TPSA) is 15.3 Å². The fourth-order valence-corrected chi connectivity index (χ4v) is 3.97. The van der Waals surface area contributed by atoms with Crippen LogP contribution >= 0.6 is 0 Å². The van der Waals surface area contributed by atoms with E-state index in [0.717, 1.165) is 11.8 Å². The molecule has 2 nitrogen and oxygen atoms in total. The summed E-state index contributed by atoms with van der Waals surface area (Å²) in [6.45, 7) is 9.79. The van der Waals surface area contributed by atoms with E-state index in [-0.39, 0.29) is 0 Å². The minimum atomic E-state index is 0.706. The Hall–Kier alpha value is -0.0800. The second-order valence-electron chi connectivity index (χ2n) is 6.83. The predicted octanol–water partition coefficient (Wildman–Crippen LogP) is 3.67. The van der Waals surface area contributed by atoms with Crippen LogP contribution in [0.4, 0.5) is 0 Å². The van der Waals surface area contributed by atoms with Gasteiger partial charge < -0.3 is 10.2 Å². The molecule has 1 saturated carbocycles. The summed E-state index contributed by atoms with van der Waals surface area (Å²) in [6.07, 6.45) is 11.7. The molecule has 1 saturated heterocycles. The Morgan fingerprint density at radius 1 is 1.16 bits per heavy atom. The standard InChI is InChI=1S/C17H34N2/c1-3-19-13-7-11-17(14-19)15(2)18-12-6-10-16-8-4-5-9-16/h15-18H,3-14H2,1-2H3. The lowest BCUT2D eigenvalue weighted by molar-refractivity contribution is 0.157. The van der Waals surface area contributed by atoms with Crippen molar-refractivity contribution in [1.29, 1.82) is 0 Å². The molecule has 19 heavy (non-hydrogen) atoms. The van der Waals surface area contributed by atoms with Gasteiger partial charge in [0.25, 0.3) is 0 Å². The SMILES string of the molecule is CCN1CCCC(C(C)NCCCC2CCCC2)C1. The lowest BCUT2D eigenvalue weighted by Gasteiger charge is -2.35. The largest absolute Gasteiger partial charge is 0.314 e. The van der Waals surface area contributed by atoms with Gasteiger partial charge in [-0.1, -0.05) is 32.6 Å². The molecule has 112 valence electrons. The number of nitrogens with zero attached hydrogens (tertiary/aromatic N) is 1. The highest BCUT2D eigenvalue weighted by Gasteiger charge is 2.23. The molecule has 2 atom stereocenters. The van der Waals surface area contributed by atoms with Gasteiger partial charge in [0.15, 0.2) is 0 Å². The molecule has 0 radical (unpaired) electrons. The number of likely N-dealkylation sites (tertiary alicyclic amines) is 1. The number of hydrogen-bond acceptors (Lipinski definition) is 2. The van der Waals surface area contributed by atoms with Crippen LogP contribution < -0.4 is 5.32 Å². The van der Waals surface area contributed by atoms with Crippen molar-refractivity contribution in [3.8, 4) is 0 Å². The number of piperidine rings is 1. The molecule has 2 rings (SSSR count). The molecular formula is C17H34N2. The zero-order valence-electron chi connectivity index (χ0n) is 13.2. The minimum Gasteiger partial charge on any atom is -0.314 e. The van der Waals surface area contributed by atoms with E-state index in [1.54, 1.807) is 0 Å². The van der Waals surface area contributed by atoms with Crippen molar-refractivity contribution in [2.75, 3.05) is 26.2 Å². The Labute approximate surface area is 120 Å². The Bertz CT molecular complexity index is 235. The molecule has 0 aromatic heterocycles. The smallest absolute Gasteiger partial charge is 0.00792 e. The van der Waals surface area contributed by atoms with Gasteiger partial charge in [0.2, 0.25) is 0 Å². The second-order valence-corrected chi connectivity index (χ2v) is 6.83. The van der Waals surface area contributed by atoms with Gasteiger partial charge in [0.1, 0.15) is 0 Å². The zero-order valence-corrected chi connectivity index (χ0v) is 13.2. The summed E-state index contributed by atoms with van der Waals surface area (Å²) < 4.78 is 0. The molecule has 1 aliphatic carbocycles. The molecule has 0 aromatic rings. The summed E-state index contributed by atoms with van der Waals surface area (Å²) in [7, 11) is 0. The first-order chi connectivity index (χ1) is 9.29. The molecule has 0 spiro atoms. The average molecular weight is 266 g/mol. The van der Waals surface area contributed by atoms with Crippen molar-refractivity contribution in [1.82, 2.24) is 10.2 Å². The molecular weight excluding hydrogens is 232 g/mol. The first-order valence-electron chi connectivity index (χ1n) is 8.75. The van der Waals surface area contributed by atoms with Gasteiger partial charge >= 0.3 is 0 Å². The highest BCUT2D eigenvalue weighted by molar-refractivity contribution is 4.80. The summed E-state index contributed by atoms with van der Waals surface area (Å²) in [5.74, 6) is 1.93. The molecule has 2 unspecified atom stereocenters. The van der Waals surface area contributed by atoms with Gasteiger partial charge in [-0.25, -0.2) is 0 Å². The van der Waals surface area contributed by atoms with E-state index in [2.05, 4.69) is 24.1 Å². The van der Waals surface area contributed by atoms with E-state index in [1.807, 2.05) is 0 Å². The Morgan fingerprint density at radius 2 is 1.95 bits per heavy atom. The zero-order chi connectivity index (χ0) is 13.5. The Morgan fingerprint density at radius 3 is 2.68 bits per heavy atom. The van der Waals surface area contributed by atoms with Crippen LogP contribution in [0.25, 0.3) is 0 Å². The van der Waals surface area contributed by atoms with Crippen LogP contribution in [0, 0.1) is 11.8 Å². The lowest BCUT2D eigenvalue weighted by atomic mass is 9.91. The summed E-state index contributed by atoms with van der Waals surface area (Å²) in [5, 5.41) is 3.79. The maximum atomic E-state index is 3.79. The van der Waals surface area contributed by atoms with Crippen molar-refractivity contribution in [2.24, 2.45) is 11.8 Å². The van der Waals surface area contributed by atoms with E-state index in [9.17, 15) is 0 Å². The number of hydrogen-bond donors (Lipinski definition) is 1. The van der Waals surface area contributed by atoms with Crippen molar-refractivity contribution in [3.05, 3.63) is 0 Å². The van der Waals surface area contributed by atoms with Gasteiger partial charge in [-0.15, -0.1) is 0 Å². The highest BCUT2D eigenvalue weighted by atomic mass is 15.1. The van der Waals surface area contributed by atoms with E-state index >= 15 is 0 Å². The normalized spacial score (nSPS) is 27.8. The monoisotopic (exact) mass is 266 g/mol. The van der Waals surface area contributed by atoms with E-state index < -0.39 is 0 Å². The van der Waals surface area contributed by atoms with Gasteiger partial charge in [0, 0.05) is 12.6 Å². The van der Waals surface area contributed by atoms with Crippen LogP contribution in [0.3, 0.4) is 0 Å². The van der Waals surface area contributed by atoms with E-state index in [0.29, 0.717) is 6.04 Å². The third kappa shape index (κ3) is 5.07. The van der Waals surface area contributed by atoms with Crippen LogP contribution in [0.2, 0.25) is 0 Å². The Kier molecular flexibility index (Phi) is 6.66. The van der Waals surface area contributed by atoms with Crippen molar-refractivity contribution < 1.29 is 0 Å². The first kappa shape index (κ1) is 15.3. The van der Waals surface area contributed by atoms with Crippen LogP contribution in [-0.4, -0.2) is 37.1 Å². The van der Waals surface area contributed by atoms with Gasteiger partial charge in [-0.2, -0.15) is 0 Å². The number of rotatable bonds is 7. The maximum Gasteiger partial charge on any atom is 0.00792 e. The second kappa shape index (κ2) is 8.26. The number of nitrogens with one attached hydrogen (secondary N) is 1. The van der Waals surface area contributed by atoms with Crippen LogP contribution in [0.5, 0.6) is 0 Å². The molecule has 2 fully saturated rings. The van der Waals surface area contributed by atoms with E-state index in [1.165, 1.54) is 77.5 Å². The Balaban J connectivity index is 1.56. The average Bonchev–Trinajstić information content (AvgIpc) is 2.96. The third-order valence-corrected chi connectivity index (χ3v) is 5.43. The fourth-order valence-electron chi connectivity index (χ4n) is 3.97. The molecule has 1 N–H and O–H groups in total. The first-order valence-corrected chi connectivity index (χ1v) is 8.75. The van der Waals surface area contributed by atoms with Crippen molar-refractivity contribution >= 4 is 0 Å². The summed E-state index contributed by atoms with van der Waals surface area (Å²) in [4.78, 5) is 2.62. The minimum absolute atomic E-state index is 0.706. The van der Waals surface area contributed by atoms with Crippen molar-refractivity contribution in [2.45, 2.75) is 71.3 Å². The molecule has 2 heteroatoms. The molecule has 0 aromatic carbocycles. The molecule has 1 heterocycles. The molecule has 0 bridgehead atoms. The maximum absolute atomic E-state index is 3.79. The van der Waals surface area contributed by atoms with Gasteiger partial charge in [-0.3, -0.25) is 0 Å². The highest BCUT2D eigenvalue weighted by Crippen LogP contribution is 2.28.